The lowest BCUT2D eigenvalue weighted by Crippen LogP contribution is -1.99. The second-order valence-corrected chi connectivity index (χ2v) is 6.04. The molecule has 0 aliphatic carbocycles. The van der Waals surface area contributed by atoms with Crippen LogP contribution < -0.4 is 5.32 Å². The van der Waals surface area contributed by atoms with Crippen LogP contribution in [0.25, 0.3) is 22.8 Å². The summed E-state index contributed by atoms with van der Waals surface area (Å²) in [6.07, 6.45) is 3.08. The van der Waals surface area contributed by atoms with Crippen molar-refractivity contribution in [3.63, 3.8) is 0 Å². The van der Waals surface area contributed by atoms with Crippen LogP contribution in [0.3, 0.4) is 0 Å². The molecule has 0 saturated heterocycles. The van der Waals surface area contributed by atoms with Crippen LogP contribution in [0, 0.1) is 6.92 Å². The molecule has 1 N–H and O–H groups in total. The molecule has 6 nitrogen and oxygen atoms in total. The van der Waals surface area contributed by atoms with Gasteiger partial charge in [0.2, 0.25) is 5.82 Å². The summed E-state index contributed by atoms with van der Waals surface area (Å²) >= 11 is 6.30. The Balaban J connectivity index is 1.72. The van der Waals surface area contributed by atoms with Gasteiger partial charge in [0.15, 0.2) is 0 Å². The van der Waals surface area contributed by atoms with Crippen LogP contribution in [-0.2, 0) is 0 Å². The van der Waals surface area contributed by atoms with Crippen molar-refractivity contribution in [2.45, 2.75) is 6.92 Å². The van der Waals surface area contributed by atoms with Crippen LogP contribution >= 0.6 is 11.6 Å². The van der Waals surface area contributed by atoms with E-state index in [1.54, 1.807) is 6.20 Å². The number of para-hydroxylation sites is 1. The fraction of sp³-hybridized carbons (Fsp3) is 0.0526. The van der Waals surface area contributed by atoms with Gasteiger partial charge in [-0.3, -0.25) is 0 Å². The lowest BCUT2D eigenvalue weighted by atomic mass is 10.2. The minimum Gasteiger partial charge on any atom is -0.338 e. The van der Waals surface area contributed by atoms with Crippen molar-refractivity contribution in [1.29, 1.82) is 0 Å². The molecule has 2 aromatic heterocycles. The lowest BCUT2D eigenvalue weighted by molar-refractivity contribution is 0.432. The normalized spacial score (nSPS) is 10.7. The van der Waals surface area contributed by atoms with Gasteiger partial charge in [-0.15, -0.1) is 0 Å². The van der Waals surface area contributed by atoms with E-state index in [9.17, 15) is 0 Å². The summed E-state index contributed by atoms with van der Waals surface area (Å²) in [4.78, 5) is 12.9. The zero-order valence-corrected chi connectivity index (χ0v) is 14.6. The molecule has 0 saturated carbocycles. The Morgan fingerprint density at radius 1 is 1.04 bits per heavy atom. The van der Waals surface area contributed by atoms with Gasteiger partial charge in [-0.1, -0.05) is 59.2 Å². The molecule has 26 heavy (non-hydrogen) atoms. The van der Waals surface area contributed by atoms with Gasteiger partial charge in [0.25, 0.3) is 5.89 Å². The fourth-order valence-electron chi connectivity index (χ4n) is 2.53. The quantitative estimate of drug-likeness (QED) is 0.555. The fourth-order valence-corrected chi connectivity index (χ4v) is 2.80. The third-order valence-corrected chi connectivity index (χ3v) is 4.18. The van der Waals surface area contributed by atoms with E-state index in [-0.39, 0.29) is 0 Å². The van der Waals surface area contributed by atoms with Crippen LogP contribution in [0.1, 0.15) is 5.56 Å². The van der Waals surface area contributed by atoms with Gasteiger partial charge in [-0.05, 0) is 18.6 Å². The maximum atomic E-state index is 6.30. The number of nitrogens with one attached hydrogen (secondary N) is 1. The van der Waals surface area contributed by atoms with Crippen molar-refractivity contribution < 1.29 is 4.52 Å². The molecular weight excluding hydrogens is 350 g/mol. The van der Waals surface area contributed by atoms with E-state index in [4.69, 9.17) is 16.1 Å². The number of nitrogens with zero attached hydrogens (tertiary/aromatic N) is 4. The molecule has 0 bridgehead atoms. The molecule has 2 heterocycles. The first-order valence-electron chi connectivity index (χ1n) is 7.94. The number of halogens is 1. The average Bonchev–Trinajstić information content (AvgIpc) is 3.16. The van der Waals surface area contributed by atoms with Crippen LogP contribution in [-0.4, -0.2) is 20.1 Å². The van der Waals surface area contributed by atoms with Gasteiger partial charge in [-0.25, -0.2) is 9.97 Å². The molecule has 2 aromatic carbocycles. The van der Waals surface area contributed by atoms with E-state index < -0.39 is 0 Å². The lowest BCUT2D eigenvalue weighted by Gasteiger charge is -2.12. The maximum absolute atomic E-state index is 6.30. The highest BCUT2D eigenvalue weighted by Gasteiger charge is 2.17. The Hall–Kier alpha value is -3.25. The molecule has 0 spiro atoms. The minimum absolute atomic E-state index is 0.330. The molecule has 7 heteroatoms. The molecule has 0 fully saturated rings. The third-order valence-electron chi connectivity index (χ3n) is 3.87. The molecular formula is C19H14ClN5O. The first kappa shape index (κ1) is 16.2. The molecule has 0 aliphatic rings. The van der Waals surface area contributed by atoms with E-state index in [0.717, 1.165) is 16.8 Å². The number of anilines is 2. The third kappa shape index (κ3) is 3.14. The van der Waals surface area contributed by atoms with Crippen molar-refractivity contribution in [3.8, 4) is 22.8 Å². The molecule has 0 amide bonds. The van der Waals surface area contributed by atoms with Crippen LogP contribution in [0.4, 0.5) is 11.5 Å². The van der Waals surface area contributed by atoms with Crippen LogP contribution in [0.15, 0.2) is 65.6 Å². The molecule has 4 aromatic rings. The molecule has 4 rings (SSSR count). The number of hydrogen-bond donors (Lipinski definition) is 1. The van der Waals surface area contributed by atoms with Crippen LogP contribution in [0.5, 0.6) is 0 Å². The number of aromatic nitrogens is 4. The number of rotatable bonds is 4. The molecule has 0 unspecified atom stereocenters. The second kappa shape index (κ2) is 6.93. The summed E-state index contributed by atoms with van der Waals surface area (Å²) < 4.78 is 5.43. The molecule has 0 aliphatic heterocycles. The predicted molar refractivity (Wildman–Crippen MR) is 100 cm³/mol. The molecule has 0 atom stereocenters. The summed E-state index contributed by atoms with van der Waals surface area (Å²) in [6.45, 7) is 1.97. The SMILES string of the molecule is Cc1cccc(Cl)c1Nc1ncncc1-c1nc(-c2ccccc2)no1. The smallest absolute Gasteiger partial charge is 0.263 e. The van der Waals surface area contributed by atoms with Gasteiger partial charge in [0, 0.05) is 11.8 Å². The van der Waals surface area contributed by atoms with Crippen LogP contribution in [0.2, 0.25) is 5.02 Å². The van der Waals surface area contributed by atoms with Gasteiger partial charge in [-0.2, -0.15) is 4.98 Å². The number of aryl methyl sites for hydroxylation is 1. The number of hydrogen-bond acceptors (Lipinski definition) is 6. The first-order chi connectivity index (χ1) is 12.7. The minimum atomic E-state index is 0.330. The average molecular weight is 364 g/mol. The Morgan fingerprint density at radius 2 is 1.88 bits per heavy atom. The zero-order valence-electron chi connectivity index (χ0n) is 13.8. The first-order valence-corrected chi connectivity index (χ1v) is 8.32. The van der Waals surface area contributed by atoms with Crippen molar-refractivity contribution >= 4 is 23.1 Å². The van der Waals surface area contributed by atoms with E-state index in [2.05, 4.69) is 25.4 Å². The maximum Gasteiger partial charge on any atom is 0.263 e. The summed E-state index contributed by atoms with van der Waals surface area (Å²) in [6, 6.07) is 15.3. The zero-order chi connectivity index (χ0) is 17.9. The Kier molecular flexibility index (Phi) is 4.33. The summed E-state index contributed by atoms with van der Waals surface area (Å²) in [5.74, 6) is 1.38. The Labute approximate surface area is 154 Å². The van der Waals surface area contributed by atoms with Gasteiger partial charge in [0.05, 0.1) is 10.7 Å². The second-order valence-electron chi connectivity index (χ2n) is 5.63. The van der Waals surface area contributed by atoms with Crippen molar-refractivity contribution in [2.75, 3.05) is 5.32 Å². The van der Waals surface area contributed by atoms with Crippen molar-refractivity contribution in [3.05, 3.63) is 71.6 Å². The number of benzene rings is 2. The summed E-state index contributed by atoms with van der Waals surface area (Å²) in [7, 11) is 0. The standard InChI is InChI=1S/C19H14ClN5O/c1-12-6-5-9-15(20)16(12)23-18-14(10-21-11-22-18)19-24-17(25-26-19)13-7-3-2-4-8-13/h2-11H,1H3,(H,21,22,23). The largest absolute Gasteiger partial charge is 0.338 e. The van der Waals surface area contributed by atoms with E-state index in [1.165, 1.54) is 6.33 Å². The van der Waals surface area contributed by atoms with Crippen molar-refractivity contribution in [2.24, 2.45) is 0 Å². The highest BCUT2D eigenvalue weighted by Crippen LogP contribution is 2.32. The molecule has 0 radical (unpaired) electrons. The van der Waals surface area contributed by atoms with Crippen molar-refractivity contribution in [1.82, 2.24) is 20.1 Å². The monoisotopic (exact) mass is 363 g/mol. The topological polar surface area (TPSA) is 76.7 Å². The molecule has 128 valence electrons. The highest BCUT2D eigenvalue weighted by molar-refractivity contribution is 6.33. The van der Waals surface area contributed by atoms with Gasteiger partial charge in [0.1, 0.15) is 17.7 Å². The Morgan fingerprint density at radius 3 is 2.69 bits per heavy atom. The van der Waals surface area contributed by atoms with E-state index in [1.807, 2.05) is 55.5 Å². The summed E-state index contributed by atoms with van der Waals surface area (Å²) in [5.41, 5.74) is 3.24. The van der Waals surface area contributed by atoms with E-state index >= 15 is 0 Å². The van der Waals surface area contributed by atoms with Gasteiger partial charge >= 0.3 is 0 Å². The predicted octanol–water partition coefficient (Wildman–Crippen LogP) is 4.90. The Bertz CT molecular complexity index is 1030. The highest BCUT2D eigenvalue weighted by atomic mass is 35.5. The van der Waals surface area contributed by atoms with E-state index in [0.29, 0.717) is 28.1 Å². The summed E-state index contributed by atoms with van der Waals surface area (Å²) in [5, 5.41) is 7.90. The van der Waals surface area contributed by atoms with Gasteiger partial charge < -0.3 is 9.84 Å².